The molecule has 2 aromatic rings. The van der Waals surface area contributed by atoms with Gasteiger partial charge in [0.25, 0.3) is 11.2 Å². The van der Waals surface area contributed by atoms with E-state index in [2.05, 4.69) is 0 Å². The summed E-state index contributed by atoms with van der Waals surface area (Å²) in [7, 11) is 1.58. The fourth-order valence-corrected chi connectivity index (χ4v) is 1.34. The molecule has 1 heterocycles. The molecule has 0 spiro atoms. The molecule has 72 valence electrons. The van der Waals surface area contributed by atoms with E-state index < -0.39 is 4.92 Å². The maximum atomic E-state index is 11.4. The van der Waals surface area contributed by atoms with E-state index >= 15 is 0 Å². The standard InChI is InChI=1S/C8H7N3O3/c1-9-5-6-2-3-7(11(13)14)4-8(6)10(9)12/h2-5H,1H3. The maximum Gasteiger partial charge on any atom is 0.276 e. The SMILES string of the molecule is Cn1cc2ccc([N+](=O)[O-])cc2[n+]1[O-]. The Morgan fingerprint density at radius 3 is 2.86 bits per heavy atom. The van der Waals surface area contributed by atoms with Crippen LogP contribution in [0.1, 0.15) is 0 Å². The van der Waals surface area contributed by atoms with Crippen LogP contribution in [0.15, 0.2) is 24.4 Å². The van der Waals surface area contributed by atoms with E-state index in [1.165, 1.54) is 16.8 Å². The number of fused-ring (bicyclic) bond motifs is 1. The molecule has 1 aromatic carbocycles. The molecule has 0 atom stereocenters. The van der Waals surface area contributed by atoms with Gasteiger partial charge in [-0.25, -0.2) is 0 Å². The molecule has 0 fully saturated rings. The van der Waals surface area contributed by atoms with Crippen molar-refractivity contribution in [3.63, 3.8) is 0 Å². The summed E-state index contributed by atoms with van der Waals surface area (Å²) in [6.07, 6.45) is 1.62. The molecule has 2 rings (SSSR count). The predicted molar refractivity (Wildman–Crippen MR) is 48.5 cm³/mol. The lowest BCUT2D eigenvalue weighted by Crippen LogP contribution is -2.35. The Morgan fingerprint density at radius 2 is 2.21 bits per heavy atom. The topological polar surface area (TPSA) is 75.0 Å². The van der Waals surface area contributed by atoms with Crippen LogP contribution in [0.3, 0.4) is 0 Å². The third-order valence-corrected chi connectivity index (χ3v) is 2.04. The molecule has 0 aliphatic heterocycles. The fraction of sp³-hybridized carbons (Fsp3) is 0.125. The Morgan fingerprint density at radius 1 is 1.50 bits per heavy atom. The predicted octanol–water partition coefficient (Wildman–Crippen LogP) is 0.720. The molecule has 0 N–H and O–H groups in total. The summed E-state index contributed by atoms with van der Waals surface area (Å²) in [5.74, 6) is 0. The highest BCUT2D eigenvalue weighted by Crippen LogP contribution is 2.17. The molecule has 14 heavy (non-hydrogen) atoms. The summed E-state index contributed by atoms with van der Waals surface area (Å²) in [5.41, 5.74) is 0.231. The van der Waals surface area contributed by atoms with Crippen LogP contribution in [-0.2, 0) is 7.05 Å². The molecular weight excluding hydrogens is 186 g/mol. The molecule has 0 saturated heterocycles. The van der Waals surface area contributed by atoms with Gasteiger partial charge >= 0.3 is 0 Å². The van der Waals surface area contributed by atoms with Gasteiger partial charge in [0.2, 0.25) is 0 Å². The third-order valence-electron chi connectivity index (χ3n) is 2.04. The van der Waals surface area contributed by atoms with E-state index in [0.717, 1.165) is 0 Å². The van der Waals surface area contributed by atoms with Crippen molar-refractivity contribution >= 4 is 16.6 Å². The lowest BCUT2D eigenvalue weighted by molar-refractivity contribution is -0.667. The van der Waals surface area contributed by atoms with Crippen molar-refractivity contribution in [2.24, 2.45) is 7.05 Å². The van der Waals surface area contributed by atoms with E-state index in [4.69, 9.17) is 0 Å². The number of non-ortho nitro benzene ring substituents is 1. The quantitative estimate of drug-likeness (QED) is 0.290. The number of aromatic nitrogens is 2. The molecule has 0 unspecified atom stereocenters. The molecule has 6 heteroatoms. The first-order chi connectivity index (χ1) is 6.59. The Bertz CT molecular complexity index is 518. The number of rotatable bonds is 1. The Labute approximate surface area is 78.7 Å². The minimum atomic E-state index is -0.521. The van der Waals surface area contributed by atoms with E-state index in [1.807, 2.05) is 0 Å². The van der Waals surface area contributed by atoms with Crippen LogP contribution in [0, 0.1) is 15.3 Å². The first kappa shape index (κ1) is 8.49. The van der Waals surface area contributed by atoms with Crippen LogP contribution in [0.25, 0.3) is 10.9 Å². The van der Waals surface area contributed by atoms with Gasteiger partial charge in [0.1, 0.15) is 0 Å². The van der Waals surface area contributed by atoms with E-state index in [-0.39, 0.29) is 5.69 Å². The van der Waals surface area contributed by atoms with Gasteiger partial charge < -0.3 is 5.21 Å². The number of benzene rings is 1. The van der Waals surface area contributed by atoms with Crippen molar-refractivity contribution in [3.05, 3.63) is 39.7 Å². The zero-order valence-corrected chi connectivity index (χ0v) is 7.38. The van der Waals surface area contributed by atoms with Crippen molar-refractivity contribution in [3.8, 4) is 0 Å². The molecule has 6 nitrogen and oxygen atoms in total. The van der Waals surface area contributed by atoms with Crippen molar-refractivity contribution in [2.75, 3.05) is 0 Å². The number of nitrogens with zero attached hydrogens (tertiary/aromatic N) is 3. The van der Waals surface area contributed by atoms with Gasteiger partial charge in [0.15, 0.2) is 0 Å². The molecule has 1 aromatic heterocycles. The minimum Gasteiger partial charge on any atom is -0.595 e. The molecule has 0 saturated carbocycles. The number of hydrogen-bond donors (Lipinski definition) is 0. The average molecular weight is 193 g/mol. The van der Waals surface area contributed by atoms with Gasteiger partial charge in [-0.15, -0.1) is 0 Å². The smallest absolute Gasteiger partial charge is 0.276 e. The zero-order valence-electron chi connectivity index (χ0n) is 7.38. The van der Waals surface area contributed by atoms with Crippen LogP contribution in [0.2, 0.25) is 0 Å². The van der Waals surface area contributed by atoms with Gasteiger partial charge in [-0.1, -0.05) is 4.85 Å². The summed E-state index contributed by atoms with van der Waals surface area (Å²) in [6.45, 7) is 0. The fourth-order valence-electron chi connectivity index (χ4n) is 1.34. The summed E-state index contributed by atoms with van der Waals surface area (Å²) in [4.78, 5) is 10.5. The summed E-state index contributed by atoms with van der Waals surface area (Å²) in [5, 5.41) is 22.5. The van der Waals surface area contributed by atoms with Crippen molar-refractivity contribution in [2.45, 2.75) is 0 Å². The largest absolute Gasteiger partial charge is 0.595 e. The molecule has 0 aliphatic carbocycles. The van der Waals surface area contributed by atoms with E-state index in [1.54, 1.807) is 19.3 Å². The highest BCUT2D eigenvalue weighted by molar-refractivity contribution is 5.77. The second kappa shape index (κ2) is 2.69. The second-order valence-electron chi connectivity index (χ2n) is 2.98. The monoisotopic (exact) mass is 193 g/mol. The van der Waals surface area contributed by atoms with Crippen LogP contribution in [0.4, 0.5) is 5.69 Å². The second-order valence-corrected chi connectivity index (χ2v) is 2.98. The number of aryl methyl sites for hydroxylation is 1. The Hall–Kier alpha value is -2.11. The zero-order chi connectivity index (χ0) is 10.3. The van der Waals surface area contributed by atoms with Crippen LogP contribution < -0.4 is 4.85 Å². The molecule has 0 amide bonds. The van der Waals surface area contributed by atoms with Crippen molar-refractivity contribution in [1.82, 2.24) is 4.68 Å². The van der Waals surface area contributed by atoms with Crippen LogP contribution >= 0.6 is 0 Å². The summed E-state index contributed by atoms with van der Waals surface area (Å²) in [6, 6.07) is 4.20. The Balaban J connectivity index is 2.76. The van der Waals surface area contributed by atoms with Gasteiger partial charge in [-0.3, -0.25) is 10.1 Å². The van der Waals surface area contributed by atoms with E-state index in [9.17, 15) is 15.3 Å². The summed E-state index contributed by atoms with van der Waals surface area (Å²) >= 11 is 0. The number of nitro groups is 1. The molecule has 0 radical (unpaired) electrons. The third kappa shape index (κ3) is 1.08. The van der Waals surface area contributed by atoms with Gasteiger partial charge in [0, 0.05) is 6.07 Å². The number of hydrogen-bond acceptors (Lipinski definition) is 3. The number of nitro benzene ring substituents is 1. The van der Waals surface area contributed by atoms with E-state index in [0.29, 0.717) is 15.7 Å². The van der Waals surface area contributed by atoms with Gasteiger partial charge in [-0.2, -0.15) is 4.68 Å². The molecule has 0 bridgehead atoms. The van der Waals surface area contributed by atoms with Crippen molar-refractivity contribution in [1.29, 1.82) is 0 Å². The minimum absolute atomic E-state index is 0.0756. The van der Waals surface area contributed by atoms with Crippen molar-refractivity contribution < 1.29 is 9.77 Å². The van der Waals surface area contributed by atoms with Gasteiger partial charge in [-0.05, 0) is 6.07 Å². The lowest BCUT2D eigenvalue weighted by Gasteiger charge is -1.94. The molecule has 0 aliphatic rings. The average Bonchev–Trinajstić information content (AvgIpc) is 2.43. The van der Waals surface area contributed by atoms with Crippen LogP contribution in [0.5, 0.6) is 0 Å². The van der Waals surface area contributed by atoms with Crippen LogP contribution in [-0.4, -0.2) is 9.61 Å². The molecular formula is C8H7N3O3. The highest BCUT2D eigenvalue weighted by Gasteiger charge is 2.14. The first-order valence-corrected chi connectivity index (χ1v) is 3.93. The highest BCUT2D eigenvalue weighted by atomic mass is 16.6. The Kier molecular flexibility index (Phi) is 1.63. The maximum absolute atomic E-state index is 11.4. The van der Waals surface area contributed by atoms with Gasteiger partial charge in [0.05, 0.1) is 29.6 Å². The lowest BCUT2D eigenvalue weighted by atomic mass is 10.2. The normalized spacial score (nSPS) is 10.6. The summed E-state index contributed by atoms with van der Waals surface area (Å²) < 4.78 is 1.33. The first-order valence-electron chi connectivity index (χ1n) is 3.93.